The second-order valence-corrected chi connectivity index (χ2v) is 7.61. The molecule has 0 bridgehead atoms. The van der Waals surface area contributed by atoms with Crippen molar-refractivity contribution in [1.82, 2.24) is 0 Å². The van der Waals surface area contributed by atoms with Crippen LogP contribution in [0.2, 0.25) is 0 Å². The van der Waals surface area contributed by atoms with E-state index in [-0.39, 0.29) is 24.2 Å². The second-order valence-electron chi connectivity index (χ2n) is 7.61. The van der Waals surface area contributed by atoms with Crippen LogP contribution < -0.4 is 9.47 Å². The summed E-state index contributed by atoms with van der Waals surface area (Å²) in [6.45, 7) is 5.29. The van der Waals surface area contributed by atoms with Gasteiger partial charge in [-0.25, -0.2) is 0 Å². The van der Waals surface area contributed by atoms with Crippen LogP contribution in [0.3, 0.4) is 0 Å². The van der Waals surface area contributed by atoms with Crippen molar-refractivity contribution in [2.45, 2.75) is 52.2 Å². The van der Waals surface area contributed by atoms with E-state index in [4.69, 9.17) is 14.2 Å². The van der Waals surface area contributed by atoms with Crippen LogP contribution in [0.25, 0.3) is 0 Å². The summed E-state index contributed by atoms with van der Waals surface area (Å²) in [7, 11) is 0. The van der Waals surface area contributed by atoms with Gasteiger partial charge in [0.25, 0.3) is 0 Å². The summed E-state index contributed by atoms with van der Waals surface area (Å²) in [5, 5.41) is 0. The monoisotopic (exact) mass is 416 g/mol. The molecule has 2 aromatic carbocycles. The topological polar surface area (TPSA) is 27.7 Å². The zero-order valence-electron chi connectivity index (χ0n) is 17.7. The molecular weight excluding hydrogens is 386 g/mol. The third-order valence-corrected chi connectivity index (χ3v) is 5.29. The van der Waals surface area contributed by atoms with Gasteiger partial charge in [-0.1, -0.05) is 49.8 Å². The molecule has 2 atom stereocenters. The van der Waals surface area contributed by atoms with E-state index in [1.54, 1.807) is 0 Å². The SMILES string of the molecule is CC=CC1CCC(c2ccc(COc3ccc(OCCCC)c(F)c3F)cc2)OC1. The van der Waals surface area contributed by atoms with Crippen LogP contribution in [0.4, 0.5) is 8.78 Å². The summed E-state index contributed by atoms with van der Waals surface area (Å²) in [4.78, 5) is 0. The van der Waals surface area contributed by atoms with Crippen LogP contribution in [0.5, 0.6) is 11.5 Å². The van der Waals surface area contributed by atoms with Crippen LogP contribution in [0, 0.1) is 17.6 Å². The van der Waals surface area contributed by atoms with Crippen LogP contribution in [-0.4, -0.2) is 13.2 Å². The second kappa shape index (κ2) is 11.1. The number of benzene rings is 2. The van der Waals surface area contributed by atoms with Gasteiger partial charge in [-0.05, 0) is 49.4 Å². The van der Waals surface area contributed by atoms with Crippen molar-refractivity contribution in [2.24, 2.45) is 5.92 Å². The average molecular weight is 417 g/mol. The van der Waals surface area contributed by atoms with Gasteiger partial charge < -0.3 is 14.2 Å². The number of rotatable bonds is 9. The zero-order valence-corrected chi connectivity index (χ0v) is 17.7. The molecule has 1 fully saturated rings. The highest BCUT2D eigenvalue weighted by Crippen LogP contribution is 2.32. The van der Waals surface area contributed by atoms with Crippen molar-refractivity contribution in [1.29, 1.82) is 0 Å². The number of ether oxygens (including phenoxy) is 3. The van der Waals surface area contributed by atoms with Gasteiger partial charge in [0.15, 0.2) is 11.5 Å². The van der Waals surface area contributed by atoms with E-state index >= 15 is 0 Å². The van der Waals surface area contributed by atoms with Crippen molar-refractivity contribution in [3.05, 3.63) is 71.3 Å². The quantitative estimate of drug-likeness (QED) is 0.334. The number of unbranched alkanes of at least 4 members (excludes halogenated alkanes) is 1. The fourth-order valence-corrected chi connectivity index (χ4v) is 3.51. The van der Waals surface area contributed by atoms with Crippen molar-refractivity contribution in [2.75, 3.05) is 13.2 Å². The Labute approximate surface area is 177 Å². The van der Waals surface area contributed by atoms with E-state index < -0.39 is 11.6 Å². The Balaban J connectivity index is 1.54. The summed E-state index contributed by atoms with van der Waals surface area (Å²) in [5.74, 6) is -1.74. The normalized spacial score (nSPS) is 19.2. The first-order chi connectivity index (χ1) is 14.6. The molecule has 1 aliphatic heterocycles. The molecule has 3 rings (SSSR count). The number of hydrogen-bond donors (Lipinski definition) is 0. The lowest BCUT2D eigenvalue weighted by Gasteiger charge is -2.27. The molecule has 1 heterocycles. The number of allylic oxidation sites excluding steroid dienone is 1. The summed E-state index contributed by atoms with van der Waals surface area (Å²) in [6, 6.07) is 10.7. The molecule has 5 heteroatoms. The third kappa shape index (κ3) is 5.82. The van der Waals surface area contributed by atoms with Crippen molar-refractivity contribution >= 4 is 0 Å². The molecule has 2 aromatic rings. The smallest absolute Gasteiger partial charge is 0.204 e. The number of hydrogen-bond acceptors (Lipinski definition) is 3. The third-order valence-electron chi connectivity index (χ3n) is 5.29. The predicted molar refractivity (Wildman–Crippen MR) is 114 cm³/mol. The summed E-state index contributed by atoms with van der Waals surface area (Å²) >= 11 is 0. The minimum absolute atomic E-state index is 0.0817. The molecule has 0 radical (unpaired) electrons. The van der Waals surface area contributed by atoms with Crippen LogP contribution >= 0.6 is 0 Å². The Morgan fingerprint density at radius 3 is 2.30 bits per heavy atom. The molecule has 162 valence electrons. The molecule has 0 saturated carbocycles. The molecule has 0 amide bonds. The standard InChI is InChI=1S/C25H30F2O3/c1-3-5-15-28-22-13-14-23(25(27)24(22)26)30-17-19-7-10-20(11-8-19)21-12-9-18(6-4-2)16-29-21/h4,6-8,10-11,13-14,18,21H,3,5,9,12,15-17H2,1-2H3. The van der Waals surface area contributed by atoms with Gasteiger partial charge >= 0.3 is 0 Å². The summed E-state index contributed by atoms with van der Waals surface area (Å²) in [6.07, 6.45) is 8.19. The van der Waals surface area contributed by atoms with E-state index in [1.807, 2.05) is 38.1 Å². The van der Waals surface area contributed by atoms with Crippen LogP contribution in [0.1, 0.15) is 56.8 Å². The summed E-state index contributed by atoms with van der Waals surface area (Å²) < 4.78 is 45.2. The molecule has 30 heavy (non-hydrogen) atoms. The molecule has 0 spiro atoms. The first kappa shape index (κ1) is 22.3. The van der Waals surface area contributed by atoms with E-state index in [1.165, 1.54) is 12.1 Å². The maximum Gasteiger partial charge on any atom is 0.204 e. The minimum Gasteiger partial charge on any atom is -0.490 e. The van der Waals surface area contributed by atoms with Crippen molar-refractivity contribution < 1.29 is 23.0 Å². The Hall–Kier alpha value is -2.40. The largest absolute Gasteiger partial charge is 0.490 e. The molecule has 0 aromatic heterocycles. The fraction of sp³-hybridized carbons (Fsp3) is 0.440. The Morgan fingerprint density at radius 2 is 1.70 bits per heavy atom. The highest BCUT2D eigenvalue weighted by molar-refractivity contribution is 5.35. The van der Waals surface area contributed by atoms with E-state index in [0.29, 0.717) is 12.5 Å². The first-order valence-corrected chi connectivity index (χ1v) is 10.7. The molecular formula is C25H30F2O3. The Kier molecular flexibility index (Phi) is 8.26. The molecule has 3 nitrogen and oxygen atoms in total. The highest BCUT2D eigenvalue weighted by Gasteiger charge is 2.21. The predicted octanol–water partition coefficient (Wildman–Crippen LogP) is 6.77. The molecule has 1 saturated heterocycles. The Morgan fingerprint density at radius 1 is 1.00 bits per heavy atom. The maximum atomic E-state index is 14.3. The van der Waals surface area contributed by atoms with E-state index in [9.17, 15) is 8.78 Å². The average Bonchev–Trinajstić information content (AvgIpc) is 2.77. The van der Waals surface area contributed by atoms with Gasteiger partial charge in [0.2, 0.25) is 11.6 Å². The highest BCUT2D eigenvalue weighted by atomic mass is 19.2. The van der Waals surface area contributed by atoms with Crippen molar-refractivity contribution in [3.8, 4) is 11.5 Å². The molecule has 2 unspecified atom stereocenters. The van der Waals surface area contributed by atoms with Crippen LogP contribution in [-0.2, 0) is 11.3 Å². The van der Waals surface area contributed by atoms with Gasteiger partial charge in [-0.3, -0.25) is 0 Å². The summed E-state index contributed by atoms with van der Waals surface area (Å²) in [5.41, 5.74) is 2.01. The van der Waals surface area contributed by atoms with E-state index in [0.717, 1.165) is 43.4 Å². The van der Waals surface area contributed by atoms with Gasteiger partial charge in [-0.2, -0.15) is 8.78 Å². The maximum absolute atomic E-state index is 14.3. The van der Waals surface area contributed by atoms with Gasteiger partial charge in [0, 0.05) is 5.92 Å². The number of halogens is 2. The lowest BCUT2D eigenvalue weighted by atomic mass is 9.94. The zero-order chi connectivity index (χ0) is 21.3. The van der Waals surface area contributed by atoms with Gasteiger partial charge in [0.05, 0.1) is 19.3 Å². The molecule has 0 aliphatic carbocycles. The van der Waals surface area contributed by atoms with Gasteiger partial charge in [0.1, 0.15) is 6.61 Å². The van der Waals surface area contributed by atoms with Gasteiger partial charge in [-0.15, -0.1) is 0 Å². The van der Waals surface area contributed by atoms with Crippen molar-refractivity contribution in [3.63, 3.8) is 0 Å². The Bertz CT molecular complexity index is 825. The lowest BCUT2D eigenvalue weighted by molar-refractivity contribution is -0.00526. The van der Waals surface area contributed by atoms with Crippen LogP contribution in [0.15, 0.2) is 48.6 Å². The van der Waals surface area contributed by atoms with E-state index in [2.05, 4.69) is 12.2 Å². The minimum atomic E-state index is -1.02. The molecule has 1 aliphatic rings. The lowest BCUT2D eigenvalue weighted by Crippen LogP contribution is -2.19. The first-order valence-electron chi connectivity index (χ1n) is 10.7. The molecule has 0 N–H and O–H groups in total. The fourth-order valence-electron chi connectivity index (χ4n) is 3.51.